The number of nitrogens with zero attached hydrogens (tertiary/aromatic N) is 4. The highest BCUT2D eigenvalue weighted by Gasteiger charge is 2.37. The number of aryl methyl sites for hydroxylation is 2. The predicted molar refractivity (Wildman–Crippen MR) is 113 cm³/mol. The number of carbonyl (C=O) groups is 2. The van der Waals surface area contributed by atoms with E-state index >= 15 is 0 Å². The van der Waals surface area contributed by atoms with E-state index in [1.165, 1.54) is 19.2 Å². The maximum Gasteiger partial charge on any atom is 0.453 e. The molecule has 3 aromatic rings. The van der Waals surface area contributed by atoms with Gasteiger partial charge < -0.3 is 9.47 Å². The van der Waals surface area contributed by atoms with E-state index in [1.807, 2.05) is 6.92 Å². The molecule has 0 unspecified atom stereocenters. The minimum atomic E-state index is -4.69. The minimum absolute atomic E-state index is 0.0530. The van der Waals surface area contributed by atoms with E-state index in [0.717, 1.165) is 4.52 Å². The first-order valence-corrected chi connectivity index (χ1v) is 10.2. The Morgan fingerprint density at radius 2 is 1.85 bits per heavy atom. The first-order chi connectivity index (χ1) is 16.0. The Hall–Kier alpha value is -3.90. The van der Waals surface area contributed by atoms with Crippen LogP contribution in [-0.2, 0) is 17.4 Å². The van der Waals surface area contributed by atoms with Crippen LogP contribution in [0.2, 0.25) is 0 Å². The topological polar surface area (TPSA) is 120 Å². The van der Waals surface area contributed by atoms with Gasteiger partial charge in [0.25, 0.3) is 17.5 Å². The average Bonchev–Trinajstić information content (AvgIpc) is 3.22. The zero-order valence-electron chi connectivity index (χ0n) is 18.9. The van der Waals surface area contributed by atoms with Crippen molar-refractivity contribution in [2.75, 3.05) is 13.7 Å². The van der Waals surface area contributed by atoms with Crippen molar-refractivity contribution in [1.82, 2.24) is 30.4 Å². The zero-order chi connectivity index (χ0) is 25.0. The molecule has 0 radical (unpaired) electrons. The molecule has 13 heteroatoms. The van der Waals surface area contributed by atoms with Crippen LogP contribution in [0.5, 0.6) is 11.5 Å². The second kappa shape index (κ2) is 9.93. The summed E-state index contributed by atoms with van der Waals surface area (Å²) in [6, 6.07) is 4.59. The number of methoxy groups -OCH3 is 1. The van der Waals surface area contributed by atoms with E-state index in [9.17, 15) is 22.8 Å². The maximum absolute atomic E-state index is 12.9. The van der Waals surface area contributed by atoms with Crippen LogP contribution in [0.1, 0.15) is 46.5 Å². The van der Waals surface area contributed by atoms with Crippen LogP contribution >= 0.6 is 0 Å². The Morgan fingerprint density at radius 3 is 2.50 bits per heavy atom. The van der Waals surface area contributed by atoms with Crippen LogP contribution in [-0.4, -0.2) is 45.1 Å². The Morgan fingerprint density at radius 1 is 1.12 bits per heavy atom. The van der Waals surface area contributed by atoms with Gasteiger partial charge in [0.2, 0.25) is 5.91 Å². The van der Waals surface area contributed by atoms with Crippen molar-refractivity contribution in [2.24, 2.45) is 0 Å². The van der Waals surface area contributed by atoms with Crippen molar-refractivity contribution >= 4 is 17.6 Å². The summed E-state index contributed by atoms with van der Waals surface area (Å²) in [5, 5.41) is 3.48. The molecule has 0 spiro atoms. The molecule has 0 bridgehead atoms. The number of hydrazine groups is 1. The van der Waals surface area contributed by atoms with E-state index in [2.05, 4.69) is 25.9 Å². The van der Waals surface area contributed by atoms with Crippen molar-refractivity contribution < 1.29 is 32.2 Å². The second-order valence-electron chi connectivity index (χ2n) is 7.21. The Kier molecular flexibility index (Phi) is 7.23. The van der Waals surface area contributed by atoms with Gasteiger partial charge in [0, 0.05) is 23.4 Å². The molecule has 0 aliphatic carbocycles. The molecule has 0 fully saturated rings. The van der Waals surface area contributed by atoms with Crippen molar-refractivity contribution in [3.8, 4) is 11.5 Å². The summed E-state index contributed by atoms with van der Waals surface area (Å²) < 4.78 is 50.4. The van der Waals surface area contributed by atoms with Crippen LogP contribution in [0, 0.1) is 13.8 Å². The number of ether oxygens (including phenoxy) is 2. The fourth-order valence-corrected chi connectivity index (χ4v) is 3.27. The van der Waals surface area contributed by atoms with E-state index in [-0.39, 0.29) is 24.2 Å². The molecule has 0 aliphatic rings. The predicted octanol–water partition coefficient (Wildman–Crippen LogP) is 2.56. The number of carbonyl (C=O) groups excluding carboxylic acids is 2. The Labute approximate surface area is 192 Å². The summed E-state index contributed by atoms with van der Waals surface area (Å²) in [6.45, 7) is 5.44. The largest absolute Gasteiger partial charge is 0.493 e. The molecule has 2 aromatic heterocycles. The van der Waals surface area contributed by atoms with Gasteiger partial charge in [-0.1, -0.05) is 0 Å². The average molecular weight is 480 g/mol. The molecular weight excluding hydrogens is 457 g/mol. The third-order valence-corrected chi connectivity index (χ3v) is 4.95. The maximum atomic E-state index is 12.9. The van der Waals surface area contributed by atoms with E-state index in [1.54, 1.807) is 19.9 Å². The number of hydrogen-bond acceptors (Lipinski definition) is 7. The molecule has 34 heavy (non-hydrogen) atoms. The lowest BCUT2D eigenvalue weighted by Crippen LogP contribution is -2.41. The lowest BCUT2D eigenvalue weighted by molar-refractivity contribution is -0.144. The highest BCUT2D eigenvalue weighted by molar-refractivity contribution is 5.96. The number of halogens is 3. The molecule has 2 N–H and O–H groups in total. The van der Waals surface area contributed by atoms with E-state index in [0.29, 0.717) is 35.1 Å². The van der Waals surface area contributed by atoms with Gasteiger partial charge in [-0.2, -0.15) is 18.2 Å². The van der Waals surface area contributed by atoms with E-state index in [4.69, 9.17) is 9.47 Å². The second-order valence-corrected chi connectivity index (χ2v) is 7.21. The van der Waals surface area contributed by atoms with Gasteiger partial charge in [-0.25, -0.2) is 9.50 Å². The number of hydrogen-bond donors (Lipinski definition) is 2. The fraction of sp³-hybridized carbons (Fsp3) is 0.381. The van der Waals surface area contributed by atoms with Crippen molar-refractivity contribution in [2.45, 2.75) is 39.8 Å². The summed E-state index contributed by atoms with van der Waals surface area (Å²) in [4.78, 5) is 32.1. The summed E-state index contributed by atoms with van der Waals surface area (Å²) in [5.74, 6) is -1.67. The van der Waals surface area contributed by atoms with Gasteiger partial charge in [-0.3, -0.25) is 20.4 Å². The summed E-state index contributed by atoms with van der Waals surface area (Å²) >= 11 is 0. The molecular formula is C21H23F3N6O4. The molecule has 2 amide bonds. The van der Waals surface area contributed by atoms with Crippen molar-refractivity contribution in [3.05, 3.63) is 46.5 Å². The van der Waals surface area contributed by atoms with Crippen molar-refractivity contribution in [3.63, 3.8) is 0 Å². The summed E-state index contributed by atoms with van der Waals surface area (Å²) in [6.07, 6.45) is -4.58. The molecule has 0 aliphatic heterocycles. The number of nitrogens with one attached hydrogen (secondary N) is 2. The number of rotatable bonds is 7. The number of aromatic nitrogens is 4. The molecule has 182 valence electrons. The molecule has 0 saturated heterocycles. The number of benzene rings is 1. The number of alkyl halides is 3. The fourth-order valence-electron chi connectivity index (χ4n) is 3.27. The Bertz CT molecular complexity index is 1230. The SMILES string of the molecule is CCOc1ccc(C(=O)NNC(=O)CCc2c(C)nc3nc(C(F)(F)F)nn3c2C)cc1OC. The third kappa shape index (κ3) is 5.35. The van der Waals surface area contributed by atoms with Gasteiger partial charge in [0.1, 0.15) is 0 Å². The highest BCUT2D eigenvalue weighted by atomic mass is 19.4. The van der Waals surface area contributed by atoms with Gasteiger partial charge >= 0.3 is 6.18 Å². The number of fused-ring (bicyclic) bond motifs is 1. The van der Waals surface area contributed by atoms with Gasteiger partial charge in [-0.05, 0) is 51.0 Å². The highest BCUT2D eigenvalue weighted by Crippen LogP contribution is 2.28. The zero-order valence-corrected chi connectivity index (χ0v) is 18.9. The van der Waals surface area contributed by atoms with Gasteiger partial charge in [0.05, 0.1) is 13.7 Å². The van der Waals surface area contributed by atoms with Crippen LogP contribution in [0.3, 0.4) is 0 Å². The standard InChI is InChI=1S/C21H23F3N6O4/c1-5-34-15-8-6-13(10-16(15)33-4)18(32)28-27-17(31)9-7-14-11(2)25-20-26-19(21(22,23)24)29-30(20)12(14)3/h6,8,10H,5,7,9H2,1-4H3,(H,27,31)(H,28,32). The Balaban J connectivity index is 1.63. The quantitative estimate of drug-likeness (QED) is 0.499. The van der Waals surface area contributed by atoms with Gasteiger partial charge in [0.15, 0.2) is 11.5 Å². The van der Waals surface area contributed by atoms with E-state index < -0.39 is 23.8 Å². The summed E-state index contributed by atoms with van der Waals surface area (Å²) in [7, 11) is 1.45. The van der Waals surface area contributed by atoms with Crippen LogP contribution < -0.4 is 20.3 Å². The summed E-state index contributed by atoms with van der Waals surface area (Å²) in [5.41, 5.74) is 6.26. The smallest absolute Gasteiger partial charge is 0.453 e. The van der Waals surface area contributed by atoms with Crippen LogP contribution in [0.25, 0.3) is 5.78 Å². The molecule has 2 heterocycles. The molecule has 0 atom stereocenters. The monoisotopic (exact) mass is 480 g/mol. The van der Waals surface area contributed by atoms with Crippen molar-refractivity contribution in [1.29, 1.82) is 0 Å². The van der Waals surface area contributed by atoms with Crippen LogP contribution in [0.4, 0.5) is 13.2 Å². The third-order valence-electron chi connectivity index (χ3n) is 4.95. The lowest BCUT2D eigenvalue weighted by Gasteiger charge is -2.12. The minimum Gasteiger partial charge on any atom is -0.493 e. The molecule has 1 aromatic carbocycles. The normalized spacial score (nSPS) is 11.4. The first kappa shape index (κ1) is 24.7. The van der Waals surface area contributed by atoms with Gasteiger partial charge in [-0.15, -0.1) is 5.10 Å². The van der Waals surface area contributed by atoms with Crippen LogP contribution in [0.15, 0.2) is 18.2 Å². The first-order valence-electron chi connectivity index (χ1n) is 10.2. The molecule has 3 rings (SSSR count). The molecule has 10 nitrogen and oxygen atoms in total. The lowest BCUT2D eigenvalue weighted by atomic mass is 10.1. The number of amides is 2. The molecule has 0 saturated carbocycles.